The summed E-state index contributed by atoms with van der Waals surface area (Å²) in [5.41, 5.74) is 3.75. The molecule has 1 nitrogen and oxygen atoms in total. The molecule has 2 aromatic rings. The maximum Gasteiger partial charge on any atom is 0.123 e. The molecule has 0 aromatic heterocycles. The van der Waals surface area contributed by atoms with Gasteiger partial charge >= 0.3 is 0 Å². The summed E-state index contributed by atoms with van der Waals surface area (Å²) in [6.07, 6.45) is 2.66. The Hall–Kier alpha value is -1.67. The smallest absolute Gasteiger partial charge is 0.123 e. The second-order valence-electron chi connectivity index (χ2n) is 5.68. The second-order valence-corrected chi connectivity index (χ2v) is 5.68. The summed E-state index contributed by atoms with van der Waals surface area (Å²) < 4.78 is 13.2. The van der Waals surface area contributed by atoms with Gasteiger partial charge in [0, 0.05) is 12.6 Å². The zero-order valence-electron chi connectivity index (χ0n) is 11.8. The molecule has 0 spiro atoms. The first-order valence-electron chi connectivity index (χ1n) is 7.30. The molecule has 0 amide bonds. The minimum Gasteiger partial charge on any atom is -0.306 e. The minimum atomic E-state index is -0.174. The normalized spacial score (nSPS) is 16.1. The quantitative estimate of drug-likeness (QED) is 0.839. The lowest BCUT2D eigenvalue weighted by Crippen LogP contribution is -2.18. The second kappa shape index (κ2) is 5.76. The van der Waals surface area contributed by atoms with Gasteiger partial charge in [-0.3, -0.25) is 0 Å². The monoisotopic (exact) mass is 269 g/mol. The molecule has 1 N–H and O–H groups in total. The van der Waals surface area contributed by atoms with Crippen molar-refractivity contribution >= 4 is 0 Å². The third-order valence-corrected chi connectivity index (χ3v) is 3.96. The summed E-state index contributed by atoms with van der Waals surface area (Å²) >= 11 is 0. The molecule has 1 saturated carbocycles. The van der Waals surface area contributed by atoms with E-state index >= 15 is 0 Å². The van der Waals surface area contributed by atoms with Crippen molar-refractivity contribution in [3.05, 3.63) is 71.0 Å². The average Bonchev–Trinajstić information content (AvgIpc) is 3.30. The Balaban J connectivity index is 1.62. The fourth-order valence-electron chi connectivity index (χ4n) is 2.54. The van der Waals surface area contributed by atoms with E-state index in [1.807, 2.05) is 6.07 Å². The van der Waals surface area contributed by atoms with E-state index in [0.717, 1.165) is 18.0 Å². The molecular weight excluding hydrogens is 249 g/mol. The molecule has 0 heterocycles. The maximum absolute atomic E-state index is 13.2. The standard InChI is InChI=1S/C18H20FN/c1-13(16-5-3-7-18(19)11-16)20-12-14-4-2-6-17(10-14)15-8-9-15/h2-7,10-11,13,15,20H,8-9,12H2,1H3. The summed E-state index contributed by atoms with van der Waals surface area (Å²) in [4.78, 5) is 0. The van der Waals surface area contributed by atoms with E-state index in [1.54, 1.807) is 12.1 Å². The molecule has 0 bridgehead atoms. The Kier molecular flexibility index (Phi) is 3.83. The molecule has 2 heteroatoms. The van der Waals surface area contributed by atoms with E-state index in [2.05, 4.69) is 36.5 Å². The lowest BCUT2D eigenvalue weighted by molar-refractivity contribution is 0.565. The first kappa shape index (κ1) is 13.3. The van der Waals surface area contributed by atoms with Crippen molar-refractivity contribution < 1.29 is 4.39 Å². The molecule has 20 heavy (non-hydrogen) atoms. The highest BCUT2D eigenvalue weighted by Crippen LogP contribution is 2.40. The molecule has 0 saturated heterocycles. The number of nitrogens with one attached hydrogen (secondary N) is 1. The van der Waals surface area contributed by atoms with E-state index in [-0.39, 0.29) is 11.9 Å². The molecule has 1 fully saturated rings. The Morgan fingerprint density at radius 2 is 1.95 bits per heavy atom. The molecule has 0 aliphatic heterocycles. The van der Waals surface area contributed by atoms with Crippen LogP contribution in [0.3, 0.4) is 0 Å². The first-order chi connectivity index (χ1) is 9.72. The lowest BCUT2D eigenvalue weighted by atomic mass is 10.1. The number of hydrogen-bond acceptors (Lipinski definition) is 1. The summed E-state index contributed by atoms with van der Waals surface area (Å²) in [6, 6.07) is 15.7. The van der Waals surface area contributed by atoms with Crippen LogP contribution in [0.2, 0.25) is 0 Å². The van der Waals surface area contributed by atoms with E-state index in [0.29, 0.717) is 0 Å². The highest BCUT2D eigenvalue weighted by Gasteiger charge is 2.23. The van der Waals surface area contributed by atoms with Gasteiger partial charge < -0.3 is 5.32 Å². The molecule has 2 aromatic carbocycles. The van der Waals surface area contributed by atoms with Crippen LogP contribution in [0.1, 0.15) is 48.4 Å². The number of hydrogen-bond donors (Lipinski definition) is 1. The largest absolute Gasteiger partial charge is 0.306 e. The molecule has 1 aliphatic rings. The molecule has 1 unspecified atom stereocenters. The van der Waals surface area contributed by atoms with Crippen molar-refractivity contribution in [1.82, 2.24) is 5.32 Å². The fraction of sp³-hybridized carbons (Fsp3) is 0.333. The van der Waals surface area contributed by atoms with Gasteiger partial charge in [0.2, 0.25) is 0 Å². The van der Waals surface area contributed by atoms with Gasteiger partial charge in [0.1, 0.15) is 5.82 Å². The van der Waals surface area contributed by atoms with Crippen molar-refractivity contribution in [2.24, 2.45) is 0 Å². The van der Waals surface area contributed by atoms with Crippen LogP contribution in [0.15, 0.2) is 48.5 Å². The number of benzene rings is 2. The van der Waals surface area contributed by atoms with Crippen LogP contribution in [0.25, 0.3) is 0 Å². The minimum absolute atomic E-state index is 0.148. The number of rotatable bonds is 5. The topological polar surface area (TPSA) is 12.0 Å². The predicted octanol–water partition coefficient (Wildman–Crippen LogP) is 4.55. The van der Waals surface area contributed by atoms with Crippen molar-refractivity contribution in [2.75, 3.05) is 0 Å². The number of halogens is 1. The zero-order valence-corrected chi connectivity index (χ0v) is 11.8. The predicted molar refractivity (Wildman–Crippen MR) is 80.1 cm³/mol. The van der Waals surface area contributed by atoms with Crippen LogP contribution >= 0.6 is 0 Å². The van der Waals surface area contributed by atoms with Crippen molar-refractivity contribution in [3.8, 4) is 0 Å². The van der Waals surface area contributed by atoms with E-state index in [9.17, 15) is 4.39 Å². The van der Waals surface area contributed by atoms with E-state index < -0.39 is 0 Å². The summed E-state index contributed by atoms with van der Waals surface area (Å²) in [5, 5.41) is 3.46. The zero-order chi connectivity index (χ0) is 13.9. The van der Waals surface area contributed by atoms with E-state index in [1.165, 1.54) is 30.0 Å². The molecule has 3 rings (SSSR count). The third-order valence-electron chi connectivity index (χ3n) is 3.96. The van der Waals surface area contributed by atoms with Crippen LogP contribution < -0.4 is 5.32 Å². The molecule has 1 atom stereocenters. The third kappa shape index (κ3) is 3.26. The molecule has 104 valence electrons. The summed E-state index contributed by atoms with van der Waals surface area (Å²) in [6.45, 7) is 2.89. The SMILES string of the molecule is CC(NCc1cccc(C2CC2)c1)c1cccc(F)c1. The van der Waals surface area contributed by atoms with Gasteiger partial charge in [-0.15, -0.1) is 0 Å². The highest BCUT2D eigenvalue weighted by atomic mass is 19.1. The Labute approximate surface area is 119 Å². The Bertz CT molecular complexity index is 589. The average molecular weight is 269 g/mol. The summed E-state index contributed by atoms with van der Waals surface area (Å²) in [5.74, 6) is 0.613. The van der Waals surface area contributed by atoms with Crippen molar-refractivity contribution in [3.63, 3.8) is 0 Å². The van der Waals surface area contributed by atoms with Crippen molar-refractivity contribution in [1.29, 1.82) is 0 Å². The van der Waals surface area contributed by atoms with Crippen LogP contribution in [0.4, 0.5) is 4.39 Å². The van der Waals surface area contributed by atoms with Gasteiger partial charge in [0.25, 0.3) is 0 Å². The van der Waals surface area contributed by atoms with Crippen LogP contribution in [0.5, 0.6) is 0 Å². The van der Waals surface area contributed by atoms with Gasteiger partial charge in [-0.1, -0.05) is 36.4 Å². The fourth-order valence-corrected chi connectivity index (χ4v) is 2.54. The molecule has 1 aliphatic carbocycles. The van der Waals surface area contributed by atoms with Crippen molar-refractivity contribution in [2.45, 2.75) is 38.3 Å². The lowest BCUT2D eigenvalue weighted by Gasteiger charge is -2.15. The molecular formula is C18H20FN. The summed E-state index contributed by atoms with van der Waals surface area (Å²) in [7, 11) is 0. The first-order valence-corrected chi connectivity index (χ1v) is 7.30. The highest BCUT2D eigenvalue weighted by molar-refractivity contribution is 5.29. The van der Waals surface area contributed by atoms with Gasteiger partial charge in [-0.05, 0) is 54.5 Å². The van der Waals surface area contributed by atoms with E-state index in [4.69, 9.17) is 0 Å². The van der Waals surface area contributed by atoms with Gasteiger partial charge in [0.05, 0.1) is 0 Å². The van der Waals surface area contributed by atoms with Crippen LogP contribution in [-0.2, 0) is 6.54 Å². The molecule has 0 radical (unpaired) electrons. The van der Waals surface area contributed by atoms with Crippen LogP contribution in [-0.4, -0.2) is 0 Å². The van der Waals surface area contributed by atoms with Crippen LogP contribution in [0, 0.1) is 5.82 Å². The maximum atomic E-state index is 13.2. The Morgan fingerprint density at radius 1 is 1.15 bits per heavy atom. The van der Waals surface area contributed by atoms with Gasteiger partial charge in [-0.2, -0.15) is 0 Å². The van der Waals surface area contributed by atoms with Gasteiger partial charge in [0.15, 0.2) is 0 Å². The Morgan fingerprint density at radius 3 is 2.70 bits per heavy atom. The van der Waals surface area contributed by atoms with Gasteiger partial charge in [-0.25, -0.2) is 4.39 Å².